The normalized spacial score (nSPS) is 12.8. The van der Waals surface area contributed by atoms with Gasteiger partial charge in [0.1, 0.15) is 5.75 Å². The highest BCUT2D eigenvalue weighted by molar-refractivity contribution is 5.89. The first-order valence-electron chi connectivity index (χ1n) is 12.5. The largest absolute Gasteiger partial charge is 0.493 e. The number of carbonyl (C=O) groups is 2. The third-order valence-electron chi connectivity index (χ3n) is 5.77. The van der Waals surface area contributed by atoms with Crippen molar-refractivity contribution in [1.82, 2.24) is 4.90 Å². The zero-order valence-corrected chi connectivity index (χ0v) is 21.5. The minimum Gasteiger partial charge on any atom is -0.493 e. The van der Waals surface area contributed by atoms with Gasteiger partial charge in [-0.2, -0.15) is 0 Å². The number of ether oxygens (including phenoxy) is 1. The molecule has 3 aromatic carbocycles. The van der Waals surface area contributed by atoms with Crippen LogP contribution in [0.4, 0.5) is 0 Å². The molecule has 0 bridgehead atoms. The van der Waals surface area contributed by atoms with Crippen LogP contribution in [0, 0.1) is 0 Å². The quantitative estimate of drug-likeness (QED) is 0.267. The number of allylic oxidation sites excluding steroid dienone is 2. The lowest BCUT2D eigenvalue weighted by Crippen LogP contribution is -2.18. The lowest BCUT2D eigenvalue weighted by atomic mass is 10.0. The number of hydrogen-bond acceptors (Lipinski definition) is 4. The number of fused-ring (bicyclic) bond motifs is 1. The molecule has 2 N–H and O–H groups in total. The van der Waals surface area contributed by atoms with Crippen LogP contribution in [0.3, 0.4) is 0 Å². The maximum Gasteiger partial charge on any atom is 0.328 e. The minimum absolute atomic E-state index is 0.558. The number of rotatable bonds is 9. The molecule has 0 saturated carbocycles. The van der Waals surface area contributed by atoms with Crippen molar-refractivity contribution < 1.29 is 24.5 Å². The summed E-state index contributed by atoms with van der Waals surface area (Å²) in [5.41, 5.74) is 6.36. The van der Waals surface area contributed by atoms with Gasteiger partial charge < -0.3 is 14.9 Å². The summed E-state index contributed by atoms with van der Waals surface area (Å²) in [6, 6.07) is 25.8. The average Bonchev–Trinajstić information content (AvgIpc) is 2.93. The van der Waals surface area contributed by atoms with E-state index in [0.717, 1.165) is 38.3 Å². The average molecular weight is 512 g/mol. The highest BCUT2D eigenvalue weighted by Gasteiger charge is 2.11. The Bertz CT molecular complexity index is 1260. The van der Waals surface area contributed by atoms with Gasteiger partial charge in [-0.1, -0.05) is 91.0 Å². The van der Waals surface area contributed by atoms with E-state index in [1.165, 1.54) is 27.8 Å². The maximum absolute atomic E-state index is 9.55. The standard InChI is InChI=1S/C28H29NO.C4H4O4/c1-29(22-24-15-18-27-12-8-20-30-28(27)21-24)19-7-3-4-9-23-13-16-26(17-14-23)25-10-5-2-6-11-25;5-3(6)1-2-4(7)8/h2-7,9-11,13-18,21H,8,12,19-20,22H2,1H3;1-2H,(H,5,6)(H,7,8)/b7-3+,9-4+;2-1-. The molecule has 1 aliphatic heterocycles. The minimum atomic E-state index is -1.26. The van der Waals surface area contributed by atoms with Crippen LogP contribution in [-0.4, -0.2) is 47.3 Å². The van der Waals surface area contributed by atoms with E-state index < -0.39 is 11.9 Å². The number of carboxylic acid groups (broad SMARTS) is 2. The summed E-state index contributed by atoms with van der Waals surface area (Å²) in [7, 11) is 2.15. The molecule has 0 spiro atoms. The maximum atomic E-state index is 9.55. The van der Waals surface area contributed by atoms with E-state index in [2.05, 4.69) is 103 Å². The summed E-state index contributed by atoms with van der Waals surface area (Å²) >= 11 is 0. The predicted molar refractivity (Wildman–Crippen MR) is 151 cm³/mol. The predicted octanol–water partition coefficient (Wildman–Crippen LogP) is 6.09. The molecule has 3 aromatic rings. The summed E-state index contributed by atoms with van der Waals surface area (Å²) in [6.45, 7) is 2.68. The Balaban J connectivity index is 0.000000436. The first kappa shape index (κ1) is 28.2. The third kappa shape index (κ3) is 9.91. The second kappa shape index (κ2) is 15.0. The summed E-state index contributed by atoms with van der Waals surface area (Å²) in [6.07, 6.45) is 12.0. The summed E-state index contributed by atoms with van der Waals surface area (Å²) in [5, 5.41) is 15.6. The van der Waals surface area contributed by atoms with Gasteiger partial charge in [0, 0.05) is 25.2 Å². The molecule has 0 aromatic heterocycles. The number of likely N-dealkylation sites (N-methyl/N-ethyl adjacent to an activating group) is 1. The van der Waals surface area contributed by atoms with Crippen molar-refractivity contribution in [1.29, 1.82) is 0 Å². The molecule has 1 heterocycles. The van der Waals surface area contributed by atoms with Gasteiger partial charge in [-0.3, -0.25) is 4.90 Å². The second-order valence-corrected chi connectivity index (χ2v) is 8.88. The van der Waals surface area contributed by atoms with E-state index in [1.54, 1.807) is 0 Å². The van der Waals surface area contributed by atoms with Crippen LogP contribution in [-0.2, 0) is 22.6 Å². The number of benzene rings is 3. The van der Waals surface area contributed by atoms with Crippen molar-refractivity contribution in [3.8, 4) is 16.9 Å². The number of aryl methyl sites for hydroxylation is 1. The lowest BCUT2D eigenvalue weighted by molar-refractivity contribution is -0.134. The van der Waals surface area contributed by atoms with Crippen LogP contribution >= 0.6 is 0 Å². The monoisotopic (exact) mass is 511 g/mol. The van der Waals surface area contributed by atoms with E-state index in [9.17, 15) is 9.59 Å². The number of carboxylic acids is 2. The Labute approximate surface area is 223 Å². The van der Waals surface area contributed by atoms with Crippen molar-refractivity contribution in [3.05, 3.63) is 120 Å². The van der Waals surface area contributed by atoms with Crippen molar-refractivity contribution in [3.63, 3.8) is 0 Å². The molecular weight excluding hydrogens is 478 g/mol. The molecule has 0 saturated heterocycles. The third-order valence-corrected chi connectivity index (χ3v) is 5.77. The molecule has 1 aliphatic rings. The van der Waals surface area contributed by atoms with Crippen LogP contribution in [0.2, 0.25) is 0 Å². The van der Waals surface area contributed by atoms with Gasteiger partial charge in [-0.15, -0.1) is 0 Å². The molecule has 196 valence electrons. The SMILES string of the molecule is CN(C/C=C/C=C/c1ccc(-c2ccccc2)cc1)Cc1ccc2c(c1)OCCC2.O=C(O)/C=C\C(=O)O. The highest BCUT2D eigenvalue weighted by Crippen LogP contribution is 2.26. The van der Waals surface area contributed by atoms with Crippen molar-refractivity contribution in [2.24, 2.45) is 0 Å². The molecular formula is C32H33NO5. The Morgan fingerprint density at radius 1 is 0.895 bits per heavy atom. The van der Waals surface area contributed by atoms with E-state index in [1.807, 2.05) is 6.07 Å². The smallest absolute Gasteiger partial charge is 0.328 e. The molecule has 38 heavy (non-hydrogen) atoms. The lowest BCUT2D eigenvalue weighted by Gasteiger charge is -2.20. The van der Waals surface area contributed by atoms with Gasteiger partial charge in [0.05, 0.1) is 6.61 Å². The summed E-state index contributed by atoms with van der Waals surface area (Å²) < 4.78 is 5.79. The van der Waals surface area contributed by atoms with E-state index >= 15 is 0 Å². The first-order valence-corrected chi connectivity index (χ1v) is 12.5. The number of aliphatic carboxylic acids is 2. The van der Waals surface area contributed by atoms with Gasteiger partial charge in [-0.05, 0) is 53.8 Å². The van der Waals surface area contributed by atoms with Crippen molar-refractivity contribution in [2.75, 3.05) is 20.2 Å². The molecule has 0 fully saturated rings. The van der Waals surface area contributed by atoms with E-state index in [-0.39, 0.29) is 0 Å². The molecule has 0 unspecified atom stereocenters. The zero-order chi connectivity index (χ0) is 27.2. The Kier molecular flexibility index (Phi) is 11.1. The van der Waals surface area contributed by atoms with Crippen molar-refractivity contribution >= 4 is 18.0 Å². The van der Waals surface area contributed by atoms with E-state index in [0.29, 0.717) is 12.2 Å². The van der Waals surface area contributed by atoms with Gasteiger partial charge in [0.2, 0.25) is 0 Å². The first-order chi connectivity index (χ1) is 18.4. The Morgan fingerprint density at radius 3 is 2.26 bits per heavy atom. The molecule has 4 rings (SSSR count). The zero-order valence-electron chi connectivity index (χ0n) is 21.5. The Hall–Kier alpha value is -4.42. The van der Waals surface area contributed by atoms with Gasteiger partial charge in [0.25, 0.3) is 0 Å². The second-order valence-electron chi connectivity index (χ2n) is 8.88. The summed E-state index contributed by atoms with van der Waals surface area (Å²) in [4.78, 5) is 21.4. The van der Waals surface area contributed by atoms with Gasteiger partial charge in [0.15, 0.2) is 0 Å². The fourth-order valence-corrected chi connectivity index (χ4v) is 3.91. The van der Waals surface area contributed by atoms with Crippen molar-refractivity contribution in [2.45, 2.75) is 19.4 Å². The Morgan fingerprint density at radius 2 is 1.58 bits per heavy atom. The molecule has 0 amide bonds. The molecule has 0 aliphatic carbocycles. The van der Waals surface area contributed by atoms with E-state index in [4.69, 9.17) is 14.9 Å². The van der Waals surface area contributed by atoms with Crippen LogP contribution < -0.4 is 4.74 Å². The topological polar surface area (TPSA) is 87.1 Å². The van der Waals surface area contributed by atoms with Crippen LogP contribution in [0.5, 0.6) is 5.75 Å². The number of nitrogens with zero attached hydrogens (tertiary/aromatic N) is 1. The van der Waals surface area contributed by atoms with Gasteiger partial charge in [-0.25, -0.2) is 9.59 Å². The number of hydrogen-bond donors (Lipinski definition) is 2. The van der Waals surface area contributed by atoms with Gasteiger partial charge >= 0.3 is 11.9 Å². The molecule has 6 heteroatoms. The molecule has 6 nitrogen and oxygen atoms in total. The van der Waals surface area contributed by atoms with Crippen LogP contribution in [0.25, 0.3) is 17.2 Å². The molecule has 0 radical (unpaired) electrons. The summed E-state index contributed by atoms with van der Waals surface area (Å²) in [5.74, 6) is -1.44. The van der Waals surface area contributed by atoms with Crippen LogP contribution in [0.1, 0.15) is 23.1 Å². The molecule has 0 atom stereocenters. The van der Waals surface area contributed by atoms with Crippen LogP contribution in [0.15, 0.2) is 103 Å². The fraction of sp³-hybridized carbons (Fsp3) is 0.188. The fourth-order valence-electron chi connectivity index (χ4n) is 3.91. The highest BCUT2D eigenvalue weighted by atomic mass is 16.5.